The van der Waals surface area contributed by atoms with Crippen molar-refractivity contribution in [2.45, 2.75) is 40.7 Å². The summed E-state index contributed by atoms with van der Waals surface area (Å²) < 4.78 is 2.16. The molecule has 172 valence electrons. The normalized spacial score (nSPS) is 11.7. The zero-order valence-corrected chi connectivity index (χ0v) is 19.7. The number of aromatic nitrogens is 1. The van der Waals surface area contributed by atoms with Gasteiger partial charge in [0.15, 0.2) is 5.78 Å². The number of rotatable bonds is 7. The quantitative estimate of drug-likeness (QED) is 0.152. The highest BCUT2D eigenvalue weighted by Gasteiger charge is 2.19. The average molecular weight is 455 g/mol. The fourth-order valence-electron chi connectivity index (χ4n) is 4.26. The van der Waals surface area contributed by atoms with E-state index in [0.717, 1.165) is 33.9 Å². The van der Waals surface area contributed by atoms with E-state index in [2.05, 4.69) is 16.6 Å². The molecular weight excluding hydrogens is 428 g/mol. The van der Waals surface area contributed by atoms with Crippen molar-refractivity contribution in [1.82, 2.24) is 4.57 Å². The van der Waals surface area contributed by atoms with Crippen LogP contribution in [0.1, 0.15) is 59.0 Å². The van der Waals surface area contributed by atoms with Gasteiger partial charge in [-0.05, 0) is 62.2 Å². The number of nitrogens with zero attached hydrogens (tertiary/aromatic N) is 2. The summed E-state index contributed by atoms with van der Waals surface area (Å²) in [5.74, 6) is -0.910. The Hall–Kier alpha value is -4.06. The number of Topliss-reactive ketones (excluding diaryl/α,β-unsaturated/α-hetero) is 1. The molecule has 0 aliphatic carbocycles. The molecule has 0 bridgehead atoms. The van der Waals surface area contributed by atoms with E-state index in [0.29, 0.717) is 23.1 Å². The van der Waals surface area contributed by atoms with Crippen LogP contribution >= 0.6 is 0 Å². The van der Waals surface area contributed by atoms with Gasteiger partial charge in [0.2, 0.25) is 5.78 Å². The molecule has 0 atom stereocenters. The third-order valence-corrected chi connectivity index (χ3v) is 5.98. The highest BCUT2D eigenvalue weighted by molar-refractivity contribution is 6.46. The number of hydrogen-bond acceptors (Lipinski definition) is 5. The van der Waals surface area contributed by atoms with Crippen molar-refractivity contribution in [3.05, 3.63) is 82.9 Å². The summed E-state index contributed by atoms with van der Waals surface area (Å²) in [6, 6.07) is 18.8. The molecule has 4 aromatic rings. The first kappa shape index (κ1) is 23.1. The van der Waals surface area contributed by atoms with Crippen LogP contribution in [-0.4, -0.2) is 27.8 Å². The van der Waals surface area contributed by atoms with Gasteiger partial charge in [0, 0.05) is 52.0 Å². The average Bonchev–Trinajstić information content (AvgIpc) is 3.16. The van der Waals surface area contributed by atoms with Crippen LogP contribution in [0.25, 0.3) is 21.8 Å². The molecule has 0 aliphatic rings. The number of oxime groups is 1. The van der Waals surface area contributed by atoms with Gasteiger partial charge in [-0.15, -0.1) is 0 Å². The fourth-order valence-corrected chi connectivity index (χ4v) is 4.26. The Morgan fingerprint density at radius 3 is 2.09 bits per heavy atom. The van der Waals surface area contributed by atoms with Crippen molar-refractivity contribution < 1.29 is 19.2 Å². The number of aryl methyl sites for hydroxylation is 2. The summed E-state index contributed by atoms with van der Waals surface area (Å²) >= 11 is 0. The lowest BCUT2D eigenvalue weighted by Crippen LogP contribution is -2.14. The van der Waals surface area contributed by atoms with E-state index >= 15 is 0 Å². The van der Waals surface area contributed by atoms with Crippen LogP contribution in [0.15, 0.2) is 65.8 Å². The van der Waals surface area contributed by atoms with Gasteiger partial charge in [0.1, 0.15) is 5.71 Å². The monoisotopic (exact) mass is 454 g/mol. The zero-order chi connectivity index (χ0) is 24.4. The summed E-state index contributed by atoms with van der Waals surface area (Å²) in [6.45, 7) is 7.75. The minimum absolute atomic E-state index is 0.0357. The first-order chi connectivity index (χ1) is 16.3. The molecule has 0 aliphatic heterocycles. The molecule has 0 saturated carbocycles. The zero-order valence-electron chi connectivity index (χ0n) is 19.7. The van der Waals surface area contributed by atoms with Crippen LogP contribution in [0.5, 0.6) is 0 Å². The van der Waals surface area contributed by atoms with Crippen LogP contribution in [0, 0.1) is 6.92 Å². The summed E-state index contributed by atoms with van der Waals surface area (Å²) in [5.41, 5.74) is 4.79. The number of carbonyl (C=O) groups excluding carboxylic acids is 3. The lowest BCUT2D eigenvalue weighted by Gasteiger charge is -2.06. The second-order valence-corrected chi connectivity index (χ2v) is 8.16. The maximum Gasteiger partial charge on any atom is 0.331 e. The lowest BCUT2D eigenvalue weighted by atomic mass is 9.97. The summed E-state index contributed by atoms with van der Waals surface area (Å²) in [5, 5.41) is 5.51. The van der Waals surface area contributed by atoms with E-state index in [4.69, 9.17) is 4.84 Å². The minimum atomic E-state index is -0.578. The molecule has 0 amide bonds. The Morgan fingerprint density at radius 1 is 0.882 bits per heavy atom. The molecule has 0 unspecified atom stereocenters. The first-order valence-corrected chi connectivity index (χ1v) is 11.3. The van der Waals surface area contributed by atoms with E-state index in [1.54, 1.807) is 13.0 Å². The van der Waals surface area contributed by atoms with E-state index in [1.165, 1.54) is 6.92 Å². The van der Waals surface area contributed by atoms with Gasteiger partial charge >= 0.3 is 5.97 Å². The summed E-state index contributed by atoms with van der Waals surface area (Å²) in [6.07, 6.45) is 0.329. The Morgan fingerprint density at radius 2 is 1.50 bits per heavy atom. The molecule has 0 N–H and O–H groups in total. The maximum absolute atomic E-state index is 13.2. The van der Waals surface area contributed by atoms with E-state index in [9.17, 15) is 14.4 Å². The topological polar surface area (TPSA) is 77.7 Å². The Bertz CT molecular complexity index is 1480. The van der Waals surface area contributed by atoms with Crippen LogP contribution in [0.2, 0.25) is 0 Å². The van der Waals surface area contributed by atoms with Gasteiger partial charge in [0.05, 0.1) is 0 Å². The number of benzene rings is 3. The summed E-state index contributed by atoms with van der Waals surface area (Å²) in [7, 11) is 0. The number of hydrogen-bond donors (Lipinski definition) is 0. The molecule has 34 heavy (non-hydrogen) atoms. The number of carbonyl (C=O) groups is 3. The predicted molar refractivity (Wildman–Crippen MR) is 134 cm³/mol. The molecule has 1 heterocycles. The maximum atomic E-state index is 13.2. The van der Waals surface area contributed by atoms with Gasteiger partial charge < -0.3 is 9.40 Å². The Labute approximate surface area is 197 Å². The van der Waals surface area contributed by atoms with Gasteiger partial charge in [-0.25, -0.2) is 4.79 Å². The molecule has 4 rings (SSSR count). The second kappa shape index (κ2) is 9.43. The van der Waals surface area contributed by atoms with Crippen molar-refractivity contribution >= 4 is 45.1 Å². The van der Waals surface area contributed by atoms with Gasteiger partial charge in [-0.2, -0.15) is 0 Å². The smallest absolute Gasteiger partial charge is 0.331 e. The van der Waals surface area contributed by atoms with Gasteiger partial charge in [-0.3, -0.25) is 9.59 Å². The molecule has 6 heteroatoms. The van der Waals surface area contributed by atoms with Crippen LogP contribution in [-0.2, 0) is 16.2 Å². The van der Waals surface area contributed by atoms with Crippen LogP contribution in [0.3, 0.4) is 0 Å². The lowest BCUT2D eigenvalue weighted by molar-refractivity contribution is -0.140. The van der Waals surface area contributed by atoms with E-state index in [1.807, 2.05) is 61.5 Å². The van der Waals surface area contributed by atoms with Crippen molar-refractivity contribution in [2.24, 2.45) is 5.16 Å². The minimum Gasteiger partial charge on any atom is -0.341 e. The number of ketones is 2. The van der Waals surface area contributed by atoms with Crippen molar-refractivity contribution in [1.29, 1.82) is 0 Å². The second-order valence-electron chi connectivity index (χ2n) is 8.16. The van der Waals surface area contributed by atoms with Gasteiger partial charge in [-0.1, -0.05) is 36.3 Å². The van der Waals surface area contributed by atoms with Crippen molar-refractivity contribution in [2.75, 3.05) is 0 Å². The third kappa shape index (κ3) is 4.15. The molecule has 0 spiro atoms. The summed E-state index contributed by atoms with van der Waals surface area (Å²) in [4.78, 5) is 42.1. The molecule has 1 aromatic heterocycles. The molecular formula is C28H26N2O4. The molecule has 0 fully saturated rings. The van der Waals surface area contributed by atoms with Crippen molar-refractivity contribution in [3.8, 4) is 0 Å². The van der Waals surface area contributed by atoms with Crippen LogP contribution < -0.4 is 0 Å². The number of fused-ring (bicyclic) bond motifs is 3. The highest BCUT2D eigenvalue weighted by atomic mass is 16.7. The standard InChI is InChI=1S/C28H26N2O4/c1-5-24(29-34-18(4)31)28(33)20-12-14-26-23(16-20)22-15-19(11-13-25(22)30(26)6-2)27(32)21-10-8-7-9-17(21)3/h7-16H,5-6H2,1-4H3/b29-24+. The third-order valence-electron chi connectivity index (χ3n) is 5.98. The fraction of sp³-hybridized carbons (Fsp3) is 0.214. The highest BCUT2D eigenvalue weighted by Crippen LogP contribution is 2.31. The molecule has 6 nitrogen and oxygen atoms in total. The van der Waals surface area contributed by atoms with Crippen molar-refractivity contribution in [3.63, 3.8) is 0 Å². The van der Waals surface area contributed by atoms with E-state index in [-0.39, 0.29) is 17.3 Å². The molecule has 3 aromatic carbocycles. The van der Waals surface area contributed by atoms with Crippen LogP contribution in [0.4, 0.5) is 0 Å². The molecule has 0 saturated heterocycles. The van der Waals surface area contributed by atoms with Gasteiger partial charge in [0.25, 0.3) is 0 Å². The predicted octanol–water partition coefficient (Wildman–Crippen LogP) is 5.87. The largest absolute Gasteiger partial charge is 0.341 e. The molecule has 0 radical (unpaired) electrons. The Balaban J connectivity index is 1.86. The SMILES string of the molecule is CC/C(=N\OC(C)=O)C(=O)c1ccc2c(c1)c1cc(C(=O)c3ccccc3C)ccc1n2CC. The first-order valence-electron chi connectivity index (χ1n) is 11.3. The Kier molecular flexibility index (Phi) is 6.41. The van der Waals surface area contributed by atoms with E-state index < -0.39 is 5.97 Å².